The Morgan fingerprint density at radius 2 is 0.851 bits per heavy atom. The van der Waals surface area contributed by atoms with E-state index in [1.165, 1.54) is 77.9 Å². The van der Waals surface area contributed by atoms with Crippen LogP contribution >= 0.6 is 0 Å². The maximum Gasteiger partial charge on any atom is 0.159 e. The van der Waals surface area contributed by atoms with E-state index in [1.807, 2.05) is 0 Å². The Bertz CT molecular complexity index is 3800. The molecule has 0 radical (unpaired) electrons. The van der Waals surface area contributed by atoms with Crippen LogP contribution in [-0.4, -0.2) is 0 Å². The Labute approximate surface area is 391 Å². The molecule has 0 saturated carbocycles. The number of benzene rings is 10. The van der Waals surface area contributed by atoms with Gasteiger partial charge in [0.15, 0.2) is 5.58 Å². The zero-order valence-corrected chi connectivity index (χ0v) is 37.4. The third-order valence-corrected chi connectivity index (χ3v) is 15.6. The highest BCUT2D eigenvalue weighted by atomic mass is 16.3. The SMILES string of the molecule is CC1(C)c2ccccc2-c2ccc(N(c3ccccc3C3(c4ccccc4)c4ccccc4C4(c5ccccc5)c5ccccc5-c5cccc3c54)c3cccc4c3oc3ccccc34)cc21. The lowest BCUT2D eigenvalue weighted by atomic mass is 9.51. The van der Waals surface area contributed by atoms with E-state index in [0.717, 1.165) is 39.0 Å². The van der Waals surface area contributed by atoms with Crippen LogP contribution in [0.25, 0.3) is 44.2 Å². The van der Waals surface area contributed by atoms with Gasteiger partial charge in [-0.3, -0.25) is 0 Å². The standard InChI is InChI=1S/C65H45NO/c1-63(2)51-30-12-9-25-45(51)47-40-39-44(41-57(47)63)66(59-37-20-29-50-48-27-11-18-38-60(48)67-62(50)59)58-36-17-16-34-55(58)64(42-21-5-3-6-22-42)53-32-14-15-33-54(53)65(43-23-7-4-8-24-43)52-31-13-10-26-46(52)49-28-19-35-56(64)61(49)65/h3-41H,1-2H3. The van der Waals surface area contributed by atoms with Crippen molar-refractivity contribution in [1.82, 2.24) is 0 Å². The molecule has 0 fully saturated rings. The van der Waals surface area contributed by atoms with Crippen molar-refractivity contribution >= 4 is 39.0 Å². The molecule has 11 aromatic rings. The average Bonchev–Trinajstić information content (AvgIpc) is 4.00. The minimum atomic E-state index is -0.771. The van der Waals surface area contributed by atoms with E-state index in [2.05, 4.69) is 255 Å². The van der Waals surface area contributed by atoms with Crippen LogP contribution in [0.4, 0.5) is 17.1 Å². The summed E-state index contributed by atoms with van der Waals surface area (Å²) in [6.45, 7) is 4.74. The fraction of sp³-hybridized carbons (Fsp3) is 0.0769. The molecule has 2 nitrogen and oxygen atoms in total. The van der Waals surface area contributed by atoms with Crippen LogP contribution in [0.2, 0.25) is 0 Å². The predicted molar refractivity (Wildman–Crippen MR) is 275 cm³/mol. The Hall–Kier alpha value is -8.20. The van der Waals surface area contributed by atoms with Crippen LogP contribution in [0.15, 0.2) is 241 Å². The van der Waals surface area contributed by atoms with Gasteiger partial charge in [0.25, 0.3) is 0 Å². The molecule has 2 unspecified atom stereocenters. The first-order valence-corrected chi connectivity index (χ1v) is 23.5. The minimum absolute atomic E-state index is 0.202. The van der Waals surface area contributed by atoms with Gasteiger partial charge in [-0.25, -0.2) is 0 Å². The molecule has 14 rings (SSSR count). The predicted octanol–water partition coefficient (Wildman–Crippen LogP) is 16.4. The molecule has 67 heavy (non-hydrogen) atoms. The number of rotatable bonds is 6. The molecule has 2 heteroatoms. The van der Waals surface area contributed by atoms with E-state index in [9.17, 15) is 0 Å². The number of para-hydroxylation sites is 3. The number of furan rings is 1. The highest BCUT2D eigenvalue weighted by molar-refractivity contribution is 6.10. The third-order valence-electron chi connectivity index (χ3n) is 15.6. The van der Waals surface area contributed by atoms with Crippen LogP contribution in [0.3, 0.4) is 0 Å². The number of hydrogen-bond donors (Lipinski definition) is 0. The molecule has 0 aliphatic heterocycles. The molecule has 0 N–H and O–H groups in total. The average molecular weight is 856 g/mol. The van der Waals surface area contributed by atoms with Crippen LogP contribution < -0.4 is 4.90 Å². The Balaban J connectivity index is 1.13. The number of fused-ring (bicyclic) bond motifs is 11. The van der Waals surface area contributed by atoms with E-state index >= 15 is 0 Å². The van der Waals surface area contributed by atoms with Crippen molar-refractivity contribution in [3.05, 3.63) is 292 Å². The van der Waals surface area contributed by atoms with Crippen molar-refractivity contribution in [3.8, 4) is 22.3 Å². The maximum atomic E-state index is 6.99. The largest absolute Gasteiger partial charge is 0.454 e. The van der Waals surface area contributed by atoms with Crippen molar-refractivity contribution in [2.75, 3.05) is 4.90 Å². The first-order valence-electron chi connectivity index (χ1n) is 23.5. The van der Waals surface area contributed by atoms with Gasteiger partial charge in [0, 0.05) is 21.9 Å². The van der Waals surface area contributed by atoms with Crippen LogP contribution in [0, 0.1) is 0 Å². The molecular weight excluding hydrogens is 811 g/mol. The molecular formula is C65H45NO. The van der Waals surface area contributed by atoms with Gasteiger partial charge in [-0.15, -0.1) is 0 Å². The number of hydrogen-bond acceptors (Lipinski definition) is 2. The molecule has 3 aliphatic carbocycles. The van der Waals surface area contributed by atoms with Gasteiger partial charge in [-0.05, 0) is 108 Å². The summed E-state index contributed by atoms with van der Waals surface area (Å²) in [6, 6.07) is 88.4. The van der Waals surface area contributed by atoms with E-state index in [4.69, 9.17) is 4.42 Å². The van der Waals surface area contributed by atoms with Crippen molar-refractivity contribution in [2.45, 2.75) is 30.1 Å². The highest BCUT2D eigenvalue weighted by Gasteiger charge is 2.58. The summed E-state index contributed by atoms with van der Waals surface area (Å²) < 4.78 is 6.99. The lowest BCUT2D eigenvalue weighted by Crippen LogP contribution is -2.44. The maximum absolute atomic E-state index is 6.99. The molecule has 2 atom stereocenters. The molecule has 3 aliphatic rings. The van der Waals surface area contributed by atoms with E-state index in [-0.39, 0.29) is 5.41 Å². The van der Waals surface area contributed by atoms with Gasteiger partial charge in [0.1, 0.15) is 5.58 Å². The molecule has 0 spiro atoms. The van der Waals surface area contributed by atoms with Gasteiger partial charge >= 0.3 is 0 Å². The van der Waals surface area contributed by atoms with Gasteiger partial charge in [0.2, 0.25) is 0 Å². The summed E-state index contributed by atoms with van der Waals surface area (Å²) in [4.78, 5) is 2.50. The first kappa shape index (κ1) is 38.1. The van der Waals surface area contributed by atoms with Crippen LogP contribution in [0.1, 0.15) is 69.5 Å². The van der Waals surface area contributed by atoms with Gasteiger partial charge in [-0.1, -0.05) is 220 Å². The second kappa shape index (κ2) is 13.9. The van der Waals surface area contributed by atoms with Gasteiger partial charge in [-0.2, -0.15) is 0 Å². The number of anilines is 3. The second-order valence-electron chi connectivity index (χ2n) is 19.1. The Morgan fingerprint density at radius 3 is 1.61 bits per heavy atom. The van der Waals surface area contributed by atoms with Crippen molar-refractivity contribution in [2.24, 2.45) is 0 Å². The molecule has 10 aromatic carbocycles. The Kier molecular flexibility index (Phi) is 7.91. The minimum Gasteiger partial charge on any atom is -0.454 e. The summed E-state index contributed by atoms with van der Waals surface area (Å²) in [5.74, 6) is 0. The lowest BCUT2D eigenvalue weighted by molar-refractivity contribution is 0.627. The van der Waals surface area contributed by atoms with Crippen molar-refractivity contribution in [3.63, 3.8) is 0 Å². The number of nitrogens with zero attached hydrogens (tertiary/aromatic N) is 1. The second-order valence-corrected chi connectivity index (χ2v) is 19.1. The molecule has 1 heterocycles. The smallest absolute Gasteiger partial charge is 0.159 e. The fourth-order valence-electron chi connectivity index (χ4n) is 13.0. The van der Waals surface area contributed by atoms with Gasteiger partial charge < -0.3 is 9.32 Å². The van der Waals surface area contributed by atoms with E-state index in [1.54, 1.807) is 0 Å². The van der Waals surface area contributed by atoms with Crippen molar-refractivity contribution in [1.29, 1.82) is 0 Å². The van der Waals surface area contributed by atoms with Crippen LogP contribution in [0.5, 0.6) is 0 Å². The quantitative estimate of drug-likeness (QED) is 0.166. The van der Waals surface area contributed by atoms with Crippen LogP contribution in [-0.2, 0) is 16.2 Å². The van der Waals surface area contributed by atoms with E-state index in [0.29, 0.717) is 0 Å². The zero-order valence-electron chi connectivity index (χ0n) is 37.4. The summed E-state index contributed by atoms with van der Waals surface area (Å²) >= 11 is 0. The summed E-state index contributed by atoms with van der Waals surface area (Å²) in [5.41, 5.74) is 21.4. The Morgan fingerprint density at radius 1 is 0.343 bits per heavy atom. The molecule has 0 saturated heterocycles. The normalized spacial score (nSPS) is 17.9. The van der Waals surface area contributed by atoms with E-state index < -0.39 is 10.8 Å². The molecule has 316 valence electrons. The summed E-state index contributed by atoms with van der Waals surface area (Å²) in [6.07, 6.45) is 0. The monoisotopic (exact) mass is 855 g/mol. The lowest BCUT2D eigenvalue weighted by Gasteiger charge is -2.50. The molecule has 0 amide bonds. The topological polar surface area (TPSA) is 16.4 Å². The van der Waals surface area contributed by atoms with Gasteiger partial charge in [0.05, 0.1) is 22.2 Å². The zero-order chi connectivity index (χ0) is 44.5. The summed E-state index contributed by atoms with van der Waals surface area (Å²) in [5, 5.41) is 2.20. The fourth-order valence-corrected chi connectivity index (χ4v) is 13.0. The van der Waals surface area contributed by atoms with Crippen molar-refractivity contribution < 1.29 is 4.42 Å². The highest BCUT2D eigenvalue weighted by Crippen LogP contribution is 2.67. The molecule has 1 aromatic heterocycles. The first-order chi connectivity index (χ1) is 33.0. The third kappa shape index (κ3) is 4.89. The molecule has 0 bridgehead atoms. The summed E-state index contributed by atoms with van der Waals surface area (Å²) in [7, 11) is 0.